The fraction of sp³-hybridized carbons (Fsp3) is 0.391. The van der Waals surface area contributed by atoms with Crippen LogP contribution in [0.2, 0.25) is 0 Å². The first-order chi connectivity index (χ1) is 15.0. The van der Waals surface area contributed by atoms with E-state index >= 15 is 0 Å². The van der Waals surface area contributed by atoms with Crippen LogP contribution in [0.4, 0.5) is 5.69 Å². The van der Waals surface area contributed by atoms with Crippen LogP contribution in [0, 0.1) is 0 Å². The average Bonchev–Trinajstić information content (AvgIpc) is 2.75. The minimum atomic E-state index is -0.366. The summed E-state index contributed by atoms with van der Waals surface area (Å²) in [5.74, 6) is 0.852. The maximum Gasteiger partial charge on any atom is 0.261 e. The van der Waals surface area contributed by atoms with Gasteiger partial charge in [0.1, 0.15) is 18.1 Å². The van der Waals surface area contributed by atoms with Crippen molar-refractivity contribution in [2.24, 2.45) is 0 Å². The number of thiocarbonyl (C=S) groups is 1. The van der Waals surface area contributed by atoms with Crippen molar-refractivity contribution in [3.05, 3.63) is 52.5 Å². The molecule has 2 N–H and O–H groups in total. The van der Waals surface area contributed by atoms with Crippen LogP contribution in [0.15, 0.2) is 46.9 Å². The monoisotopic (exact) mass is 508 g/mol. The number of amides is 1. The molecular weight excluding hydrogens is 480 g/mol. The zero-order valence-corrected chi connectivity index (χ0v) is 20.3. The second-order valence-electron chi connectivity index (χ2n) is 6.83. The van der Waals surface area contributed by atoms with Crippen molar-refractivity contribution in [1.82, 2.24) is 5.32 Å². The van der Waals surface area contributed by atoms with E-state index in [1.807, 2.05) is 30.3 Å². The first-order valence-electron chi connectivity index (χ1n) is 10.3. The number of nitrogens with one attached hydrogen (secondary N) is 2. The number of unbranched alkanes of at least 4 members (excludes halogenated alkanes) is 3. The van der Waals surface area contributed by atoms with E-state index in [9.17, 15) is 4.79 Å². The molecule has 0 bridgehead atoms. The fourth-order valence-corrected chi connectivity index (χ4v) is 3.33. The third-order valence-electron chi connectivity index (χ3n) is 4.32. The predicted octanol–water partition coefficient (Wildman–Crippen LogP) is 5.56. The summed E-state index contributed by atoms with van der Waals surface area (Å²) in [6, 6.07) is 12.7. The van der Waals surface area contributed by atoms with Crippen LogP contribution in [-0.2, 0) is 4.74 Å². The molecule has 2 rings (SSSR count). The number of ether oxygens (including phenoxy) is 3. The van der Waals surface area contributed by atoms with Crippen molar-refractivity contribution < 1.29 is 19.0 Å². The summed E-state index contributed by atoms with van der Waals surface area (Å²) < 4.78 is 17.2. The molecule has 0 aromatic heterocycles. The molecule has 0 radical (unpaired) electrons. The SMILES string of the molecule is CCCCCCOc1cccc(NC(=S)NC(=O)c2cc(Br)ccc2OCCOC)c1. The molecule has 0 atom stereocenters. The standard InChI is InChI=1S/C23H29BrN2O4S/c1-3-4-5-6-12-29-19-9-7-8-18(16-19)25-23(31)26-22(27)20-15-17(24)10-11-21(20)30-14-13-28-2/h7-11,15-16H,3-6,12-14H2,1-2H3,(H2,25,26,27,31). The Morgan fingerprint density at radius 3 is 2.65 bits per heavy atom. The van der Waals surface area contributed by atoms with Gasteiger partial charge >= 0.3 is 0 Å². The van der Waals surface area contributed by atoms with Crippen LogP contribution < -0.4 is 20.1 Å². The summed E-state index contributed by atoms with van der Waals surface area (Å²) in [6.07, 6.45) is 4.61. The highest BCUT2D eigenvalue weighted by Crippen LogP contribution is 2.23. The van der Waals surface area contributed by atoms with Gasteiger partial charge in [0, 0.05) is 23.3 Å². The lowest BCUT2D eigenvalue weighted by atomic mass is 10.2. The maximum atomic E-state index is 12.8. The van der Waals surface area contributed by atoms with Crippen molar-refractivity contribution in [1.29, 1.82) is 0 Å². The summed E-state index contributed by atoms with van der Waals surface area (Å²) in [4.78, 5) is 12.8. The van der Waals surface area contributed by atoms with Gasteiger partial charge in [-0.15, -0.1) is 0 Å². The van der Waals surface area contributed by atoms with E-state index in [0.717, 1.165) is 28.8 Å². The molecule has 2 aromatic carbocycles. The van der Waals surface area contributed by atoms with Crippen LogP contribution in [0.5, 0.6) is 11.5 Å². The van der Waals surface area contributed by atoms with Gasteiger partial charge in [0.2, 0.25) is 0 Å². The van der Waals surface area contributed by atoms with Gasteiger partial charge in [-0.3, -0.25) is 10.1 Å². The largest absolute Gasteiger partial charge is 0.494 e. The Labute approximate surface area is 197 Å². The van der Waals surface area contributed by atoms with Gasteiger partial charge in [-0.05, 0) is 49.0 Å². The van der Waals surface area contributed by atoms with Crippen LogP contribution in [0.3, 0.4) is 0 Å². The van der Waals surface area contributed by atoms with Crippen molar-refractivity contribution in [2.45, 2.75) is 32.6 Å². The van der Waals surface area contributed by atoms with E-state index in [4.69, 9.17) is 26.4 Å². The van der Waals surface area contributed by atoms with Crippen molar-refractivity contribution in [2.75, 3.05) is 32.2 Å². The number of rotatable bonds is 12. The molecule has 2 aromatic rings. The minimum Gasteiger partial charge on any atom is -0.494 e. The first-order valence-corrected chi connectivity index (χ1v) is 11.5. The van der Waals surface area contributed by atoms with Gasteiger partial charge in [-0.1, -0.05) is 48.2 Å². The van der Waals surface area contributed by atoms with E-state index < -0.39 is 0 Å². The molecule has 6 nitrogen and oxygen atoms in total. The van der Waals surface area contributed by atoms with Crippen molar-refractivity contribution in [3.63, 3.8) is 0 Å². The molecule has 0 saturated heterocycles. The molecule has 0 heterocycles. The van der Waals surface area contributed by atoms with Gasteiger partial charge in [-0.2, -0.15) is 0 Å². The fourth-order valence-electron chi connectivity index (χ4n) is 2.76. The highest BCUT2D eigenvalue weighted by molar-refractivity contribution is 9.10. The third kappa shape index (κ3) is 9.25. The summed E-state index contributed by atoms with van der Waals surface area (Å²) >= 11 is 8.70. The van der Waals surface area contributed by atoms with Gasteiger partial charge in [0.05, 0.1) is 18.8 Å². The Hall–Kier alpha value is -2.16. The number of benzene rings is 2. The molecule has 0 fully saturated rings. The molecule has 0 spiro atoms. The molecule has 0 aliphatic carbocycles. The summed E-state index contributed by atoms with van der Waals surface area (Å²) in [5, 5.41) is 5.91. The minimum absolute atomic E-state index is 0.188. The van der Waals surface area contributed by atoms with E-state index in [1.54, 1.807) is 19.2 Å². The maximum absolute atomic E-state index is 12.8. The molecule has 8 heteroatoms. The highest BCUT2D eigenvalue weighted by Gasteiger charge is 2.15. The smallest absolute Gasteiger partial charge is 0.261 e. The number of hydrogen-bond donors (Lipinski definition) is 2. The number of carbonyl (C=O) groups is 1. The summed E-state index contributed by atoms with van der Waals surface area (Å²) in [5.41, 5.74) is 1.11. The van der Waals surface area contributed by atoms with Crippen LogP contribution >= 0.6 is 28.1 Å². The van der Waals surface area contributed by atoms with E-state index in [0.29, 0.717) is 31.1 Å². The average molecular weight is 509 g/mol. The number of anilines is 1. The summed E-state index contributed by atoms with van der Waals surface area (Å²) in [6.45, 7) is 3.63. The number of methoxy groups -OCH3 is 1. The molecule has 0 aliphatic heterocycles. The number of halogens is 1. The van der Waals surface area contributed by atoms with Crippen LogP contribution in [0.1, 0.15) is 43.0 Å². The molecule has 0 aliphatic rings. The first kappa shape index (κ1) is 25.1. The topological polar surface area (TPSA) is 68.8 Å². The highest BCUT2D eigenvalue weighted by atomic mass is 79.9. The number of hydrogen-bond acceptors (Lipinski definition) is 5. The Bertz CT molecular complexity index is 863. The van der Waals surface area contributed by atoms with Gasteiger partial charge in [-0.25, -0.2) is 0 Å². The Morgan fingerprint density at radius 1 is 1.03 bits per heavy atom. The zero-order valence-electron chi connectivity index (χ0n) is 17.9. The van der Waals surface area contributed by atoms with E-state index in [1.165, 1.54) is 12.8 Å². The Kier molecular flexibility index (Phi) is 11.3. The molecular formula is C23H29BrN2O4S. The lowest BCUT2D eigenvalue weighted by Crippen LogP contribution is -2.34. The second kappa shape index (κ2) is 14.0. The molecule has 168 valence electrons. The molecule has 1 amide bonds. The third-order valence-corrected chi connectivity index (χ3v) is 5.01. The van der Waals surface area contributed by atoms with Gasteiger partial charge in [0.25, 0.3) is 5.91 Å². The lowest BCUT2D eigenvalue weighted by Gasteiger charge is -2.14. The lowest BCUT2D eigenvalue weighted by molar-refractivity contribution is 0.0969. The quantitative estimate of drug-likeness (QED) is 0.289. The summed E-state index contributed by atoms with van der Waals surface area (Å²) in [7, 11) is 1.59. The Morgan fingerprint density at radius 2 is 1.87 bits per heavy atom. The van der Waals surface area contributed by atoms with Crippen LogP contribution in [0.25, 0.3) is 0 Å². The molecule has 31 heavy (non-hydrogen) atoms. The van der Waals surface area contributed by atoms with E-state index in [2.05, 4.69) is 33.5 Å². The number of carbonyl (C=O) groups excluding carboxylic acids is 1. The van der Waals surface area contributed by atoms with Gasteiger partial charge in [0.15, 0.2) is 5.11 Å². The Balaban J connectivity index is 1.93. The normalized spacial score (nSPS) is 10.4. The molecule has 0 unspecified atom stereocenters. The van der Waals surface area contributed by atoms with Gasteiger partial charge < -0.3 is 19.5 Å². The second-order valence-corrected chi connectivity index (χ2v) is 8.15. The molecule has 0 saturated carbocycles. The van der Waals surface area contributed by atoms with E-state index in [-0.39, 0.29) is 11.0 Å². The van der Waals surface area contributed by atoms with Crippen molar-refractivity contribution >= 4 is 44.9 Å². The zero-order chi connectivity index (χ0) is 22.5. The predicted molar refractivity (Wildman–Crippen MR) is 131 cm³/mol. The van der Waals surface area contributed by atoms with Crippen LogP contribution in [-0.4, -0.2) is 38.0 Å². The van der Waals surface area contributed by atoms with Crippen molar-refractivity contribution in [3.8, 4) is 11.5 Å².